The smallest absolute Gasteiger partial charge is 0.252 e. The maximum absolute atomic E-state index is 12.6. The molecular formula is C18H24N2O. The number of carbonyl (C=O) groups is 1. The topological polar surface area (TPSA) is 55.1 Å². The summed E-state index contributed by atoms with van der Waals surface area (Å²) in [5.74, 6) is -0.0276. The van der Waals surface area contributed by atoms with Crippen molar-refractivity contribution in [1.82, 2.24) is 5.32 Å². The van der Waals surface area contributed by atoms with Crippen molar-refractivity contribution in [1.29, 1.82) is 0 Å². The number of benzene rings is 2. The zero-order chi connectivity index (χ0) is 15.5. The predicted molar refractivity (Wildman–Crippen MR) is 88.3 cm³/mol. The molecule has 0 saturated heterocycles. The van der Waals surface area contributed by atoms with Gasteiger partial charge in [0.15, 0.2) is 0 Å². The van der Waals surface area contributed by atoms with Crippen LogP contribution in [0.25, 0.3) is 10.8 Å². The highest BCUT2D eigenvalue weighted by molar-refractivity contribution is 6.07. The molecule has 3 nitrogen and oxygen atoms in total. The van der Waals surface area contributed by atoms with Gasteiger partial charge in [-0.25, -0.2) is 0 Å². The third-order valence-electron chi connectivity index (χ3n) is 3.84. The van der Waals surface area contributed by atoms with E-state index in [0.29, 0.717) is 6.54 Å². The monoisotopic (exact) mass is 284 g/mol. The highest BCUT2D eigenvalue weighted by Gasteiger charge is 2.26. The standard InChI is InChI=1S/C18H24N2O/c1-18(2,3)16(11-12-19)20-17(21)15-10-6-8-13-7-4-5-9-14(13)15/h4-10,16H,11-12,19H2,1-3H3,(H,20,21). The zero-order valence-corrected chi connectivity index (χ0v) is 13.0. The van der Waals surface area contributed by atoms with Gasteiger partial charge in [-0.1, -0.05) is 57.2 Å². The molecule has 0 aliphatic rings. The van der Waals surface area contributed by atoms with Crippen molar-refractivity contribution >= 4 is 16.7 Å². The average molecular weight is 284 g/mol. The fourth-order valence-electron chi connectivity index (χ4n) is 2.55. The molecule has 0 fully saturated rings. The molecule has 0 radical (unpaired) electrons. The molecular weight excluding hydrogens is 260 g/mol. The molecule has 2 aromatic rings. The summed E-state index contributed by atoms with van der Waals surface area (Å²) in [6, 6.07) is 13.8. The normalized spacial score (nSPS) is 13.1. The van der Waals surface area contributed by atoms with Crippen LogP contribution in [-0.4, -0.2) is 18.5 Å². The highest BCUT2D eigenvalue weighted by Crippen LogP contribution is 2.23. The molecule has 0 saturated carbocycles. The Balaban J connectivity index is 2.30. The molecule has 0 spiro atoms. The van der Waals surface area contributed by atoms with E-state index in [-0.39, 0.29) is 17.4 Å². The Hall–Kier alpha value is -1.87. The number of nitrogens with one attached hydrogen (secondary N) is 1. The number of amides is 1. The third kappa shape index (κ3) is 3.61. The van der Waals surface area contributed by atoms with Gasteiger partial charge in [0.2, 0.25) is 0 Å². The summed E-state index contributed by atoms with van der Waals surface area (Å²) >= 11 is 0. The second-order valence-corrected chi connectivity index (χ2v) is 6.50. The van der Waals surface area contributed by atoms with E-state index in [1.165, 1.54) is 0 Å². The second kappa shape index (κ2) is 6.27. The van der Waals surface area contributed by atoms with Gasteiger partial charge < -0.3 is 11.1 Å². The molecule has 1 amide bonds. The summed E-state index contributed by atoms with van der Waals surface area (Å²) in [5.41, 5.74) is 6.39. The number of hydrogen-bond donors (Lipinski definition) is 2. The summed E-state index contributed by atoms with van der Waals surface area (Å²) in [5, 5.41) is 5.21. The van der Waals surface area contributed by atoms with E-state index in [1.54, 1.807) is 0 Å². The van der Waals surface area contributed by atoms with Crippen LogP contribution in [-0.2, 0) is 0 Å². The number of hydrogen-bond acceptors (Lipinski definition) is 2. The lowest BCUT2D eigenvalue weighted by atomic mass is 9.84. The van der Waals surface area contributed by atoms with Crippen molar-refractivity contribution in [2.75, 3.05) is 6.54 Å². The molecule has 112 valence electrons. The number of nitrogens with two attached hydrogens (primary N) is 1. The fraction of sp³-hybridized carbons (Fsp3) is 0.389. The van der Waals surface area contributed by atoms with Crippen LogP contribution in [0, 0.1) is 5.41 Å². The van der Waals surface area contributed by atoms with Crippen LogP contribution in [0.15, 0.2) is 42.5 Å². The van der Waals surface area contributed by atoms with Crippen molar-refractivity contribution < 1.29 is 4.79 Å². The lowest BCUT2D eigenvalue weighted by Crippen LogP contribution is -2.44. The van der Waals surface area contributed by atoms with E-state index in [0.717, 1.165) is 22.8 Å². The summed E-state index contributed by atoms with van der Waals surface area (Å²) in [4.78, 5) is 12.6. The first-order chi connectivity index (χ1) is 9.93. The molecule has 0 bridgehead atoms. The molecule has 1 unspecified atom stereocenters. The van der Waals surface area contributed by atoms with Crippen LogP contribution >= 0.6 is 0 Å². The maximum atomic E-state index is 12.6. The van der Waals surface area contributed by atoms with Crippen LogP contribution in [0.2, 0.25) is 0 Å². The zero-order valence-electron chi connectivity index (χ0n) is 13.0. The molecule has 0 aromatic heterocycles. The summed E-state index contributed by atoms with van der Waals surface area (Å²) < 4.78 is 0. The van der Waals surface area contributed by atoms with Gasteiger partial charge in [0, 0.05) is 11.6 Å². The summed E-state index contributed by atoms with van der Waals surface area (Å²) in [6.07, 6.45) is 0.778. The lowest BCUT2D eigenvalue weighted by Gasteiger charge is -2.31. The first-order valence-electron chi connectivity index (χ1n) is 7.42. The predicted octanol–water partition coefficient (Wildman–Crippen LogP) is 3.33. The Morgan fingerprint density at radius 2 is 1.81 bits per heavy atom. The van der Waals surface area contributed by atoms with E-state index in [1.807, 2.05) is 42.5 Å². The van der Waals surface area contributed by atoms with Crippen LogP contribution in [0.1, 0.15) is 37.6 Å². The maximum Gasteiger partial charge on any atom is 0.252 e. The third-order valence-corrected chi connectivity index (χ3v) is 3.84. The van der Waals surface area contributed by atoms with Crippen LogP contribution in [0.3, 0.4) is 0 Å². The first kappa shape index (κ1) is 15.5. The molecule has 0 aliphatic carbocycles. The van der Waals surface area contributed by atoms with Crippen LogP contribution in [0.4, 0.5) is 0 Å². The van der Waals surface area contributed by atoms with E-state index >= 15 is 0 Å². The van der Waals surface area contributed by atoms with E-state index < -0.39 is 0 Å². The van der Waals surface area contributed by atoms with Gasteiger partial charge in [0.05, 0.1) is 0 Å². The van der Waals surface area contributed by atoms with Crippen LogP contribution < -0.4 is 11.1 Å². The molecule has 2 aromatic carbocycles. The van der Waals surface area contributed by atoms with E-state index in [2.05, 4.69) is 26.1 Å². The van der Waals surface area contributed by atoms with Crippen molar-refractivity contribution in [2.24, 2.45) is 11.1 Å². The Morgan fingerprint density at radius 1 is 1.14 bits per heavy atom. The molecule has 0 heterocycles. The SMILES string of the molecule is CC(C)(C)C(CCN)NC(=O)c1cccc2ccccc12. The van der Waals surface area contributed by atoms with Gasteiger partial charge in [-0.05, 0) is 35.2 Å². The first-order valence-corrected chi connectivity index (χ1v) is 7.42. The van der Waals surface area contributed by atoms with Gasteiger partial charge in [0.25, 0.3) is 5.91 Å². The van der Waals surface area contributed by atoms with E-state index in [9.17, 15) is 4.79 Å². The van der Waals surface area contributed by atoms with Gasteiger partial charge >= 0.3 is 0 Å². The molecule has 1 atom stereocenters. The van der Waals surface area contributed by atoms with Gasteiger partial charge in [-0.3, -0.25) is 4.79 Å². The molecule has 2 rings (SSSR count). The average Bonchev–Trinajstić information content (AvgIpc) is 2.45. The molecule has 3 heteroatoms. The Bertz CT molecular complexity index is 623. The van der Waals surface area contributed by atoms with Crippen molar-refractivity contribution in [2.45, 2.75) is 33.2 Å². The minimum atomic E-state index is -0.0276. The largest absolute Gasteiger partial charge is 0.349 e. The van der Waals surface area contributed by atoms with E-state index in [4.69, 9.17) is 5.73 Å². The second-order valence-electron chi connectivity index (χ2n) is 6.50. The Morgan fingerprint density at radius 3 is 2.48 bits per heavy atom. The Labute approximate surface area is 126 Å². The lowest BCUT2D eigenvalue weighted by molar-refractivity contribution is 0.0900. The Kier molecular flexibility index (Phi) is 4.63. The molecule has 21 heavy (non-hydrogen) atoms. The fourth-order valence-corrected chi connectivity index (χ4v) is 2.55. The summed E-state index contributed by atoms with van der Waals surface area (Å²) in [7, 11) is 0. The van der Waals surface area contributed by atoms with Gasteiger partial charge in [0.1, 0.15) is 0 Å². The minimum absolute atomic E-state index is 0.0143. The quantitative estimate of drug-likeness (QED) is 0.904. The van der Waals surface area contributed by atoms with Crippen molar-refractivity contribution in [3.05, 3.63) is 48.0 Å². The molecule has 3 N–H and O–H groups in total. The number of carbonyl (C=O) groups excluding carboxylic acids is 1. The minimum Gasteiger partial charge on any atom is -0.349 e. The van der Waals surface area contributed by atoms with Crippen molar-refractivity contribution in [3.63, 3.8) is 0 Å². The number of fused-ring (bicyclic) bond motifs is 1. The molecule has 0 aliphatic heterocycles. The van der Waals surface area contributed by atoms with Crippen LogP contribution in [0.5, 0.6) is 0 Å². The summed E-state index contributed by atoms with van der Waals surface area (Å²) in [6.45, 7) is 6.93. The number of rotatable bonds is 4. The highest BCUT2D eigenvalue weighted by atomic mass is 16.1. The van der Waals surface area contributed by atoms with Gasteiger partial charge in [-0.2, -0.15) is 0 Å². The van der Waals surface area contributed by atoms with Crippen molar-refractivity contribution in [3.8, 4) is 0 Å². The van der Waals surface area contributed by atoms with Gasteiger partial charge in [-0.15, -0.1) is 0 Å².